The van der Waals surface area contributed by atoms with Gasteiger partial charge < -0.3 is 9.64 Å². The molecule has 18 heavy (non-hydrogen) atoms. The highest BCUT2D eigenvalue weighted by molar-refractivity contribution is 6.27. The second kappa shape index (κ2) is 4.91. The largest absolute Gasteiger partial charge is 0.479 e. The van der Waals surface area contributed by atoms with Crippen molar-refractivity contribution in [2.75, 3.05) is 26.2 Å². The molecule has 0 unspecified atom stereocenters. The molecule has 0 aromatic heterocycles. The van der Waals surface area contributed by atoms with E-state index in [4.69, 9.17) is 4.74 Å². The van der Waals surface area contributed by atoms with E-state index < -0.39 is 0 Å². The molecule has 0 radical (unpaired) electrons. The van der Waals surface area contributed by atoms with Crippen LogP contribution in [0.1, 0.15) is 0 Å². The van der Waals surface area contributed by atoms with Crippen LogP contribution in [0.2, 0.25) is 0 Å². The summed E-state index contributed by atoms with van der Waals surface area (Å²) in [6.45, 7) is 0. The van der Waals surface area contributed by atoms with Gasteiger partial charge in [0.1, 0.15) is 5.57 Å². The van der Waals surface area contributed by atoms with Gasteiger partial charge in [0.05, 0.1) is 12.8 Å². The SMILES string of the molecule is COC1=NN(c2ccccc2)C(=O)/C1=C\N(C)C. The molecule has 1 amide bonds. The molecule has 5 heteroatoms. The number of anilines is 1. The Kier molecular flexibility index (Phi) is 3.32. The van der Waals surface area contributed by atoms with Crippen molar-refractivity contribution in [1.29, 1.82) is 0 Å². The Labute approximate surface area is 106 Å². The Hall–Kier alpha value is -2.30. The molecule has 5 nitrogen and oxygen atoms in total. The molecule has 94 valence electrons. The molecular formula is C13H15N3O2. The van der Waals surface area contributed by atoms with Crippen LogP contribution in [0.15, 0.2) is 47.2 Å². The maximum Gasteiger partial charge on any atom is 0.285 e. The number of hydrazone groups is 1. The number of amides is 1. The summed E-state index contributed by atoms with van der Waals surface area (Å²) in [5.41, 5.74) is 1.17. The molecule has 1 aromatic rings. The smallest absolute Gasteiger partial charge is 0.285 e. The maximum atomic E-state index is 12.2. The molecule has 1 aliphatic heterocycles. The molecule has 0 aliphatic carbocycles. The number of methoxy groups -OCH3 is 1. The van der Waals surface area contributed by atoms with Gasteiger partial charge in [0.25, 0.3) is 5.91 Å². The van der Waals surface area contributed by atoms with Gasteiger partial charge in [0.15, 0.2) is 0 Å². The van der Waals surface area contributed by atoms with Crippen molar-refractivity contribution < 1.29 is 9.53 Å². The topological polar surface area (TPSA) is 45.1 Å². The van der Waals surface area contributed by atoms with E-state index in [1.165, 1.54) is 12.1 Å². The molecule has 1 heterocycles. The first kappa shape index (κ1) is 12.2. The van der Waals surface area contributed by atoms with Crippen molar-refractivity contribution in [2.45, 2.75) is 0 Å². The number of benzene rings is 1. The minimum Gasteiger partial charge on any atom is -0.479 e. The van der Waals surface area contributed by atoms with Gasteiger partial charge in [0, 0.05) is 20.3 Å². The molecule has 0 saturated heterocycles. The van der Waals surface area contributed by atoms with Crippen LogP contribution in [0, 0.1) is 0 Å². The number of hydrogen-bond acceptors (Lipinski definition) is 4. The fourth-order valence-electron chi connectivity index (χ4n) is 1.66. The van der Waals surface area contributed by atoms with Gasteiger partial charge in [-0.15, -0.1) is 5.10 Å². The van der Waals surface area contributed by atoms with E-state index in [9.17, 15) is 4.79 Å². The van der Waals surface area contributed by atoms with Crippen LogP contribution < -0.4 is 5.01 Å². The Balaban J connectivity index is 2.38. The fraction of sp³-hybridized carbons (Fsp3) is 0.231. The lowest BCUT2D eigenvalue weighted by molar-refractivity contribution is -0.114. The zero-order valence-electron chi connectivity index (χ0n) is 10.6. The first-order valence-electron chi connectivity index (χ1n) is 5.54. The van der Waals surface area contributed by atoms with Crippen LogP contribution in [0.25, 0.3) is 0 Å². The minimum absolute atomic E-state index is 0.188. The van der Waals surface area contributed by atoms with E-state index in [-0.39, 0.29) is 5.91 Å². The van der Waals surface area contributed by atoms with Gasteiger partial charge in [-0.2, -0.15) is 5.01 Å². The van der Waals surface area contributed by atoms with E-state index >= 15 is 0 Å². The van der Waals surface area contributed by atoms with Crippen LogP contribution in [0.4, 0.5) is 5.69 Å². The molecule has 0 fully saturated rings. The number of carbonyl (C=O) groups excluding carboxylic acids is 1. The Bertz CT molecular complexity index is 506. The second-order valence-corrected chi connectivity index (χ2v) is 4.07. The molecule has 0 saturated carbocycles. The number of para-hydroxylation sites is 1. The molecule has 0 spiro atoms. The zero-order chi connectivity index (χ0) is 13.1. The van der Waals surface area contributed by atoms with Crippen molar-refractivity contribution in [3.8, 4) is 0 Å². The van der Waals surface area contributed by atoms with Gasteiger partial charge in [-0.3, -0.25) is 4.79 Å². The highest BCUT2D eigenvalue weighted by Gasteiger charge is 2.32. The van der Waals surface area contributed by atoms with Gasteiger partial charge in [-0.05, 0) is 12.1 Å². The molecule has 0 atom stereocenters. The summed E-state index contributed by atoms with van der Waals surface area (Å²) >= 11 is 0. The van der Waals surface area contributed by atoms with Crippen LogP contribution >= 0.6 is 0 Å². The number of carbonyl (C=O) groups is 1. The average molecular weight is 245 g/mol. The zero-order valence-corrected chi connectivity index (χ0v) is 10.6. The lowest BCUT2D eigenvalue weighted by Gasteiger charge is -2.11. The summed E-state index contributed by atoms with van der Waals surface area (Å²) in [7, 11) is 5.20. The molecule has 1 aromatic carbocycles. The van der Waals surface area contributed by atoms with E-state index in [2.05, 4.69) is 5.10 Å². The summed E-state index contributed by atoms with van der Waals surface area (Å²) in [6.07, 6.45) is 1.70. The number of hydrogen-bond donors (Lipinski definition) is 0. The van der Waals surface area contributed by atoms with E-state index in [1.807, 2.05) is 44.4 Å². The summed E-state index contributed by atoms with van der Waals surface area (Å²) in [5, 5.41) is 5.52. The maximum absolute atomic E-state index is 12.2. The van der Waals surface area contributed by atoms with Gasteiger partial charge >= 0.3 is 0 Å². The Morgan fingerprint density at radius 1 is 1.28 bits per heavy atom. The highest BCUT2D eigenvalue weighted by atomic mass is 16.5. The Morgan fingerprint density at radius 3 is 2.50 bits per heavy atom. The standard InChI is InChI=1S/C13H15N3O2/c1-15(2)9-11-12(18-3)14-16(13(11)17)10-7-5-4-6-8-10/h4-9H,1-3H3/b11-9-. The van der Waals surface area contributed by atoms with Crippen LogP contribution in [-0.4, -0.2) is 37.9 Å². The average Bonchev–Trinajstić information content (AvgIpc) is 2.67. The minimum atomic E-state index is -0.188. The lowest BCUT2D eigenvalue weighted by Crippen LogP contribution is -2.22. The quantitative estimate of drug-likeness (QED) is 0.741. The third-order valence-corrected chi connectivity index (χ3v) is 2.43. The predicted octanol–water partition coefficient (Wildman–Crippen LogP) is 1.44. The normalized spacial score (nSPS) is 17.1. The summed E-state index contributed by atoms with van der Waals surface area (Å²) in [5.74, 6) is 0.143. The highest BCUT2D eigenvalue weighted by Crippen LogP contribution is 2.23. The van der Waals surface area contributed by atoms with E-state index in [0.717, 1.165) is 5.69 Å². The third kappa shape index (κ3) is 2.20. The van der Waals surface area contributed by atoms with Crippen molar-refractivity contribution in [3.05, 3.63) is 42.1 Å². The molecule has 1 aliphatic rings. The first-order valence-corrected chi connectivity index (χ1v) is 5.54. The molecular weight excluding hydrogens is 230 g/mol. The number of rotatable bonds is 2. The van der Waals surface area contributed by atoms with Gasteiger partial charge in [-0.1, -0.05) is 18.2 Å². The van der Waals surface area contributed by atoms with Crippen molar-refractivity contribution >= 4 is 17.5 Å². The monoisotopic (exact) mass is 245 g/mol. The Morgan fingerprint density at radius 2 is 1.94 bits per heavy atom. The summed E-state index contributed by atoms with van der Waals surface area (Å²) in [4.78, 5) is 14.0. The first-order chi connectivity index (χ1) is 8.63. The van der Waals surface area contributed by atoms with E-state index in [0.29, 0.717) is 11.5 Å². The third-order valence-electron chi connectivity index (χ3n) is 2.43. The molecule has 0 bridgehead atoms. The van der Waals surface area contributed by atoms with Gasteiger partial charge in [-0.25, -0.2) is 0 Å². The number of nitrogens with zero attached hydrogens (tertiary/aromatic N) is 3. The van der Waals surface area contributed by atoms with Crippen molar-refractivity contribution in [1.82, 2.24) is 4.90 Å². The van der Waals surface area contributed by atoms with Gasteiger partial charge in [0.2, 0.25) is 5.90 Å². The summed E-state index contributed by atoms with van der Waals surface area (Å²) in [6, 6.07) is 9.26. The van der Waals surface area contributed by atoms with Crippen LogP contribution in [0.5, 0.6) is 0 Å². The lowest BCUT2D eigenvalue weighted by atomic mass is 10.2. The molecule has 0 N–H and O–H groups in total. The fourth-order valence-corrected chi connectivity index (χ4v) is 1.66. The van der Waals surface area contributed by atoms with Crippen molar-refractivity contribution in [2.24, 2.45) is 5.10 Å². The van der Waals surface area contributed by atoms with E-state index in [1.54, 1.807) is 11.1 Å². The molecule has 2 rings (SSSR count). The second-order valence-electron chi connectivity index (χ2n) is 4.07. The van der Waals surface area contributed by atoms with Crippen LogP contribution in [-0.2, 0) is 9.53 Å². The van der Waals surface area contributed by atoms with Crippen LogP contribution in [0.3, 0.4) is 0 Å². The predicted molar refractivity (Wildman–Crippen MR) is 70.1 cm³/mol. The van der Waals surface area contributed by atoms with Crippen molar-refractivity contribution in [3.63, 3.8) is 0 Å². The number of ether oxygens (including phenoxy) is 1. The summed E-state index contributed by atoms with van der Waals surface area (Å²) < 4.78 is 5.14.